The Bertz CT molecular complexity index is 1260. The lowest BCUT2D eigenvalue weighted by atomic mass is 9.93. The van der Waals surface area contributed by atoms with Gasteiger partial charge in [-0.3, -0.25) is 19.8 Å². The van der Waals surface area contributed by atoms with E-state index in [1.54, 1.807) is 26.4 Å². The van der Waals surface area contributed by atoms with E-state index in [1.807, 2.05) is 53.4 Å². The summed E-state index contributed by atoms with van der Waals surface area (Å²) in [5, 5.41) is 11.5. The Morgan fingerprint density at radius 2 is 1.69 bits per heavy atom. The van der Waals surface area contributed by atoms with E-state index in [-0.39, 0.29) is 17.6 Å². The first-order valence-electron chi connectivity index (χ1n) is 11.6. The zero-order chi connectivity index (χ0) is 24.5. The van der Waals surface area contributed by atoms with Crippen LogP contribution in [0.5, 0.6) is 11.5 Å². The highest BCUT2D eigenvalue weighted by Crippen LogP contribution is 2.43. The minimum absolute atomic E-state index is 0.0187. The summed E-state index contributed by atoms with van der Waals surface area (Å²) in [6.07, 6.45) is 0.854. The molecule has 8 heteroatoms. The predicted molar refractivity (Wildman–Crippen MR) is 130 cm³/mol. The van der Waals surface area contributed by atoms with Gasteiger partial charge in [0, 0.05) is 25.2 Å². The smallest absolute Gasteiger partial charge is 0.269 e. The van der Waals surface area contributed by atoms with Crippen molar-refractivity contribution >= 4 is 11.6 Å². The number of carbonyl (C=O) groups excluding carboxylic acids is 1. The van der Waals surface area contributed by atoms with Crippen molar-refractivity contribution in [1.82, 2.24) is 9.80 Å². The first-order chi connectivity index (χ1) is 17.0. The van der Waals surface area contributed by atoms with Crippen LogP contribution in [0.1, 0.15) is 28.4 Å². The van der Waals surface area contributed by atoms with Crippen LogP contribution in [-0.2, 0) is 24.2 Å². The molecule has 2 aliphatic rings. The van der Waals surface area contributed by atoms with E-state index in [2.05, 4.69) is 4.90 Å². The number of nitro groups is 1. The first kappa shape index (κ1) is 22.9. The molecule has 0 unspecified atom stereocenters. The number of non-ortho nitro benzene ring substituents is 1. The predicted octanol–water partition coefficient (Wildman–Crippen LogP) is 4.12. The maximum absolute atomic E-state index is 13.7. The summed E-state index contributed by atoms with van der Waals surface area (Å²) in [4.78, 5) is 28.9. The minimum Gasteiger partial charge on any atom is -0.493 e. The highest BCUT2D eigenvalue weighted by atomic mass is 16.6. The summed E-state index contributed by atoms with van der Waals surface area (Å²) in [7, 11) is 3.20. The third-order valence-corrected chi connectivity index (χ3v) is 6.91. The van der Waals surface area contributed by atoms with E-state index in [1.165, 1.54) is 6.07 Å². The Hall–Kier alpha value is -3.91. The number of nitro benzene ring substituents is 1. The zero-order valence-electron chi connectivity index (χ0n) is 19.7. The van der Waals surface area contributed by atoms with Crippen molar-refractivity contribution in [3.05, 3.63) is 99.1 Å². The summed E-state index contributed by atoms with van der Waals surface area (Å²) in [6, 6.07) is 20.2. The van der Waals surface area contributed by atoms with Gasteiger partial charge in [0.1, 0.15) is 6.17 Å². The fraction of sp³-hybridized carbons (Fsp3) is 0.296. The number of rotatable bonds is 7. The number of nitrogens with zero attached hydrogens (tertiary/aromatic N) is 3. The second-order valence-corrected chi connectivity index (χ2v) is 8.86. The van der Waals surface area contributed by atoms with Gasteiger partial charge in [-0.1, -0.05) is 42.5 Å². The number of amides is 1. The number of hydrogen-bond acceptors (Lipinski definition) is 6. The molecule has 0 radical (unpaired) electrons. The van der Waals surface area contributed by atoms with Crippen LogP contribution < -0.4 is 9.47 Å². The number of benzene rings is 3. The van der Waals surface area contributed by atoms with E-state index < -0.39 is 11.1 Å². The third-order valence-electron chi connectivity index (χ3n) is 6.91. The van der Waals surface area contributed by atoms with Crippen LogP contribution >= 0.6 is 0 Å². The van der Waals surface area contributed by atoms with Gasteiger partial charge in [-0.2, -0.15) is 0 Å². The van der Waals surface area contributed by atoms with Crippen LogP contribution in [0.4, 0.5) is 5.69 Å². The van der Waals surface area contributed by atoms with Gasteiger partial charge < -0.3 is 14.4 Å². The fourth-order valence-electron chi connectivity index (χ4n) is 5.21. The Morgan fingerprint density at radius 1 is 0.971 bits per heavy atom. The monoisotopic (exact) mass is 473 g/mol. The standard InChI is InChI=1S/C27H27N3O5/c1-34-24-15-20-14-23-27(31)28(12-11-18-7-4-3-5-8-18)26(19-9-6-10-22(13-19)30(32)33)29(23)17-21(20)16-25(24)35-2/h3-10,13,15-16,23,26H,11-12,14,17H2,1-2H3/t23-,26+/m1/s1. The lowest BCUT2D eigenvalue weighted by molar-refractivity contribution is -0.385. The maximum atomic E-state index is 13.7. The number of carbonyl (C=O) groups is 1. The summed E-state index contributed by atoms with van der Waals surface area (Å²) < 4.78 is 11.0. The average molecular weight is 474 g/mol. The van der Waals surface area contributed by atoms with E-state index in [0.29, 0.717) is 37.4 Å². The fourth-order valence-corrected chi connectivity index (χ4v) is 5.21. The van der Waals surface area contributed by atoms with Crippen LogP contribution in [0, 0.1) is 10.1 Å². The molecule has 0 N–H and O–H groups in total. The van der Waals surface area contributed by atoms with Crippen molar-refractivity contribution in [2.75, 3.05) is 20.8 Å². The van der Waals surface area contributed by atoms with E-state index in [0.717, 1.165) is 22.3 Å². The molecule has 1 saturated heterocycles. The molecule has 3 aromatic carbocycles. The Balaban J connectivity index is 1.53. The Labute approximate surface area is 203 Å². The Kier molecular flexibility index (Phi) is 6.13. The van der Waals surface area contributed by atoms with E-state index in [9.17, 15) is 14.9 Å². The molecule has 5 rings (SSSR count). The van der Waals surface area contributed by atoms with Gasteiger partial charge in [-0.05, 0) is 47.2 Å². The summed E-state index contributed by atoms with van der Waals surface area (Å²) in [5.74, 6) is 1.32. The lowest BCUT2D eigenvalue weighted by Gasteiger charge is -2.35. The van der Waals surface area contributed by atoms with Gasteiger partial charge in [-0.15, -0.1) is 0 Å². The molecule has 0 spiro atoms. The van der Waals surface area contributed by atoms with E-state index >= 15 is 0 Å². The van der Waals surface area contributed by atoms with Crippen molar-refractivity contribution in [2.45, 2.75) is 31.6 Å². The zero-order valence-corrected chi connectivity index (χ0v) is 19.7. The summed E-state index contributed by atoms with van der Waals surface area (Å²) in [5.41, 5.74) is 4.02. The quantitative estimate of drug-likeness (QED) is 0.379. The molecule has 2 heterocycles. The first-order valence-corrected chi connectivity index (χ1v) is 11.6. The molecule has 35 heavy (non-hydrogen) atoms. The molecule has 8 nitrogen and oxygen atoms in total. The van der Waals surface area contributed by atoms with Gasteiger partial charge in [0.05, 0.1) is 25.2 Å². The van der Waals surface area contributed by atoms with Gasteiger partial charge >= 0.3 is 0 Å². The van der Waals surface area contributed by atoms with Crippen LogP contribution in [-0.4, -0.2) is 47.4 Å². The molecule has 0 aromatic heterocycles. The second kappa shape index (κ2) is 9.38. The van der Waals surface area contributed by atoms with Crippen LogP contribution in [0.3, 0.4) is 0 Å². The molecular formula is C27H27N3O5. The SMILES string of the molecule is COc1cc2c(cc1OC)CN1[C@H](C2)C(=O)N(CCc2ccccc2)[C@@H]1c1cccc([N+](=O)[O-])c1. The van der Waals surface area contributed by atoms with Crippen molar-refractivity contribution in [2.24, 2.45) is 0 Å². The van der Waals surface area contributed by atoms with Crippen molar-refractivity contribution in [3.63, 3.8) is 0 Å². The average Bonchev–Trinajstić information content (AvgIpc) is 3.16. The van der Waals surface area contributed by atoms with Crippen LogP contribution in [0.25, 0.3) is 0 Å². The molecule has 3 aromatic rings. The molecule has 180 valence electrons. The highest BCUT2D eigenvalue weighted by Gasteiger charge is 2.48. The summed E-state index contributed by atoms with van der Waals surface area (Å²) in [6.45, 7) is 1.05. The normalized spacial score (nSPS) is 19.3. The molecule has 2 aliphatic heterocycles. The lowest BCUT2D eigenvalue weighted by Crippen LogP contribution is -2.39. The van der Waals surface area contributed by atoms with Gasteiger partial charge in [-0.25, -0.2) is 0 Å². The van der Waals surface area contributed by atoms with Gasteiger partial charge in [0.15, 0.2) is 11.5 Å². The molecular weight excluding hydrogens is 446 g/mol. The molecule has 0 bridgehead atoms. The topological polar surface area (TPSA) is 85.2 Å². The number of fused-ring (bicyclic) bond motifs is 2. The van der Waals surface area contributed by atoms with Gasteiger partial charge in [0.25, 0.3) is 5.69 Å². The third kappa shape index (κ3) is 4.21. The number of hydrogen-bond donors (Lipinski definition) is 0. The Morgan fingerprint density at radius 3 is 2.37 bits per heavy atom. The molecule has 0 aliphatic carbocycles. The van der Waals surface area contributed by atoms with Crippen LogP contribution in [0.15, 0.2) is 66.7 Å². The molecule has 0 saturated carbocycles. The second-order valence-electron chi connectivity index (χ2n) is 8.86. The van der Waals surface area contributed by atoms with Crippen molar-refractivity contribution in [3.8, 4) is 11.5 Å². The molecule has 1 amide bonds. The van der Waals surface area contributed by atoms with E-state index in [4.69, 9.17) is 9.47 Å². The van der Waals surface area contributed by atoms with Crippen molar-refractivity contribution in [1.29, 1.82) is 0 Å². The van der Waals surface area contributed by atoms with Crippen LogP contribution in [0.2, 0.25) is 0 Å². The largest absolute Gasteiger partial charge is 0.493 e. The number of methoxy groups -OCH3 is 2. The molecule has 1 fully saturated rings. The highest BCUT2D eigenvalue weighted by molar-refractivity contribution is 5.85. The van der Waals surface area contributed by atoms with Gasteiger partial charge in [0.2, 0.25) is 5.91 Å². The number of ether oxygens (including phenoxy) is 2. The minimum atomic E-state index is -0.394. The molecule has 2 atom stereocenters. The summed E-state index contributed by atoms with van der Waals surface area (Å²) >= 11 is 0. The maximum Gasteiger partial charge on any atom is 0.269 e. The van der Waals surface area contributed by atoms with Crippen molar-refractivity contribution < 1.29 is 19.2 Å².